The summed E-state index contributed by atoms with van der Waals surface area (Å²) in [7, 11) is 2.07. The molecule has 4 nitrogen and oxygen atoms in total. The Morgan fingerprint density at radius 1 is 1.38 bits per heavy atom. The number of aromatic nitrogens is 2. The molecule has 0 amide bonds. The zero-order valence-electron chi connectivity index (χ0n) is 14.4. The van der Waals surface area contributed by atoms with E-state index in [9.17, 15) is 0 Å². The van der Waals surface area contributed by atoms with Crippen LogP contribution >= 0.6 is 0 Å². The molecule has 21 heavy (non-hydrogen) atoms. The zero-order chi connectivity index (χ0) is 15.5. The first-order valence-corrected chi connectivity index (χ1v) is 8.52. The maximum absolute atomic E-state index is 4.60. The van der Waals surface area contributed by atoms with Gasteiger partial charge in [0, 0.05) is 38.3 Å². The Morgan fingerprint density at radius 2 is 2.14 bits per heavy atom. The van der Waals surface area contributed by atoms with Gasteiger partial charge in [-0.1, -0.05) is 27.2 Å². The van der Waals surface area contributed by atoms with E-state index in [-0.39, 0.29) is 5.54 Å². The normalized spacial score (nSPS) is 27.2. The summed E-state index contributed by atoms with van der Waals surface area (Å²) in [6.07, 6.45) is 4.71. The molecule has 1 aromatic heterocycles. The first-order valence-electron chi connectivity index (χ1n) is 8.52. The first-order chi connectivity index (χ1) is 10.0. The van der Waals surface area contributed by atoms with Crippen LogP contribution in [0, 0.1) is 0 Å². The van der Waals surface area contributed by atoms with Gasteiger partial charge in [-0.3, -0.25) is 9.58 Å². The number of hydrogen-bond acceptors (Lipinski definition) is 3. The summed E-state index contributed by atoms with van der Waals surface area (Å²) < 4.78 is 2.06. The third-order valence-electron chi connectivity index (χ3n) is 5.12. The lowest BCUT2D eigenvalue weighted by Crippen LogP contribution is -2.62. The molecule has 0 bridgehead atoms. The number of nitrogens with one attached hydrogen (secondary N) is 1. The second kappa shape index (κ2) is 6.93. The maximum atomic E-state index is 4.60. The van der Waals surface area contributed by atoms with Crippen molar-refractivity contribution in [1.29, 1.82) is 0 Å². The van der Waals surface area contributed by atoms with Crippen molar-refractivity contribution in [2.24, 2.45) is 7.05 Å². The summed E-state index contributed by atoms with van der Waals surface area (Å²) in [6.45, 7) is 12.4. The van der Waals surface area contributed by atoms with Crippen molar-refractivity contribution in [2.45, 2.75) is 71.5 Å². The fourth-order valence-electron chi connectivity index (χ4n) is 3.26. The number of aryl methyl sites for hydroxylation is 2. The van der Waals surface area contributed by atoms with E-state index in [0.717, 1.165) is 26.1 Å². The minimum atomic E-state index is 0.251. The summed E-state index contributed by atoms with van der Waals surface area (Å²) in [5, 5.41) is 8.34. The molecule has 1 aromatic rings. The van der Waals surface area contributed by atoms with Crippen molar-refractivity contribution < 1.29 is 0 Å². The van der Waals surface area contributed by atoms with E-state index in [2.05, 4.69) is 60.8 Å². The quantitative estimate of drug-likeness (QED) is 0.875. The van der Waals surface area contributed by atoms with Gasteiger partial charge in [0.1, 0.15) is 0 Å². The minimum absolute atomic E-state index is 0.251. The summed E-state index contributed by atoms with van der Waals surface area (Å²) >= 11 is 0. The van der Waals surface area contributed by atoms with Gasteiger partial charge in [-0.2, -0.15) is 5.10 Å². The predicted octanol–water partition coefficient (Wildman–Crippen LogP) is 2.73. The molecule has 2 atom stereocenters. The Morgan fingerprint density at radius 3 is 2.71 bits per heavy atom. The van der Waals surface area contributed by atoms with Crippen molar-refractivity contribution in [2.75, 3.05) is 13.1 Å². The Balaban J connectivity index is 2.13. The molecule has 1 aliphatic rings. The largest absolute Gasteiger partial charge is 0.311 e. The van der Waals surface area contributed by atoms with Gasteiger partial charge in [-0.15, -0.1) is 0 Å². The highest BCUT2D eigenvalue weighted by Gasteiger charge is 2.36. The van der Waals surface area contributed by atoms with Crippen LogP contribution < -0.4 is 5.32 Å². The molecule has 0 aromatic carbocycles. The Kier molecular flexibility index (Phi) is 5.44. The molecule has 0 spiro atoms. The SMILES string of the molecule is CCCC1CN(Cc2cc(CC)nn2C)C(C)(CC)CN1. The minimum Gasteiger partial charge on any atom is -0.311 e. The van der Waals surface area contributed by atoms with E-state index in [0.29, 0.717) is 6.04 Å². The summed E-state index contributed by atoms with van der Waals surface area (Å²) in [5.41, 5.74) is 2.79. The standard InChI is InChI=1S/C17H32N4/c1-6-9-15-11-21(17(4,8-3)13-18-15)12-16-10-14(7-2)19-20(16)5/h10,15,18H,6-9,11-13H2,1-5H3. The van der Waals surface area contributed by atoms with E-state index in [1.165, 1.54) is 30.7 Å². The lowest BCUT2D eigenvalue weighted by molar-refractivity contribution is 0.0377. The topological polar surface area (TPSA) is 33.1 Å². The molecule has 2 rings (SSSR count). The molecule has 1 aliphatic heterocycles. The monoisotopic (exact) mass is 292 g/mol. The van der Waals surface area contributed by atoms with Crippen LogP contribution in [-0.2, 0) is 20.0 Å². The molecule has 0 aliphatic carbocycles. The second-order valence-electron chi connectivity index (χ2n) is 6.70. The van der Waals surface area contributed by atoms with E-state index >= 15 is 0 Å². The summed E-state index contributed by atoms with van der Waals surface area (Å²) in [5.74, 6) is 0. The maximum Gasteiger partial charge on any atom is 0.0625 e. The molecular weight excluding hydrogens is 260 g/mol. The number of hydrogen-bond donors (Lipinski definition) is 1. The molecular formula is C17H32N4. The molecule has 0 saturated carbocycles. The third-order valence-corrected chi connectivity index (χ3v) is 5.12. The molecule has 120 valence electrons. The predicted molar refractivity (Wildman–Crippen MR) is 88.4 cm³/mol. The van der Waals surface area contributed by atoms with Crippen LogP contribution in [0.3, 0.4) is 0 Å². The van der Waals surface area contributed by atoms with Crippen molar-refractivity contribution in [3.63, 3.8) is 0 Å². The Hall–Kier alpha value is -0.870. The van der Waals surface area contributed by atoms with Crippen LogP contribution in [0.15, 0.2) is 6.07 Å². The van der Waals surface area contributed by atoms with Crippen LogP contribution in [0.2, 0.25) is 0 Å². The third kappa shape index (κ3) is 3.67. The summed E-state index contributed by atoms with van der Waals surface area (Å²) in [4.78, 5) is 2.67. The molecule has 2 unspecified atom stereocenters. The summed E-state index contributed by atoms with van der Waals surface area (Å²) in [6, 6.07) is 2.90. The van der Waals surface area contributed by atoms with Gasteiger partial charge in [0.15, 0.2) is 0 Å². The van der Waals surface area contributed by atoms with Gasteiger partial charge in [0.05, 0.1) is 11.4 Å². The zero-order valence-corrected chi connectivity index (χ0v) is 14.4. The average Bonchev–Trinajstić information content (AvgIpc) is 2.83. The van der Waals surface area contributed by atoms with Gasteiger partial charge in [0.25, 0.3) is 0 Å². The molecule has 4 heteroatoms. The van der Waals surface area contributed by atoms with E-state index in [1.807, 2.05) is 0 Å². The van der Waals surface area contributed by atoms with Gasteiger partial charge < -0.3 is 5.32 Å². The highest BCUT2D eigenvalue weighted by Crippen LogP contribution is 2.26. The highest BCUT2D eigenvalue weighted by molar-refractivity contribution is 5.11. The molecule has 1 N–H and O–H groups in total. The van der Waals surface area contributed by atoms with Crippen LogP contribution in [0.5, 0.6) is 0 Å². The van der Waals surface area contributed by atoms with Crippen LogP contribution in [0.25, 0.3) is 0 Å². The van der Waals surface area contributed by atoms with Crippen LogP contribution in [-0.4, -0.2) is 39.4 Å². The van der Waals surface area contributed by atoms with Crippen molar-refractivity contribution in [3.8, 4) is 0 Å². The number of nitrogens with zero attached hydrogens (tertiary/aromatic N) is 3. The lowest BCUT2D eigenvalue weighted by atomic mass is 9.91. The van der Waals surface area contributed by atoms with Crippen molar-refractivity contribution >= 4 is 0 Å². The van der Waals surface area contributed by atoms with Gasteiger partial charge in [-0.05, 0) is 32.3 Å². The van der Waals surface area contributed by atoms with Crippen LogP contribution in [0.4, 0.5) is 0 Å². The Bertz CT molecular complexity index is 454. The fraction of sp³-hybridized carbons (Fsp3) is 0.824. The van der Waals surface area contributed by atoms with Gasteiger partial charge >= 0.3 is 0 Å². The smallest absolute Gasteiger partial charge is 0.0625 e. The van der Waals surface area contributed by atoms with Gasteiger partial charge in [0.2, 0.25) is 0 Å². The van der Waals surface area contributed by atoms with Crippen LogP contribution in [0.1, 0.15) is 58.3 Å². The number of piperazine rings is 1. The van der Waals surface area contributed by atoms with E-state index in [1.54, 1.807) is 0 Å². The lowest BCUT2D eigenvalue weighted by Gasteiger charge is -2.48. The van der Waals surface area contributed by atoms with Crippen molar-refractivity contribution in [3.05, 3.63) is 17.5 Å². The van der Waals surface area contributed by atoms with E-state index < -0.39 is 0 Å². The molecule has 1 fully saturated rings. The van der Waals surface area contributed by atoms with Crippen molar-refractivity contribution in [1.82, 2.24) is 20.0 Å². The van der Waals surface area contributed by atoms with Gasteiger partial charge in [-0.25, -0.2) is 0 Å². The molecule has 2 heterocycles. The molecule has 1 saturated heterocycles. The second-order valence-corrected chi connectivity index (χ2v) is 6.70. The molecule has 0 radical (unpaired) electrons. The average molecular weight is 292 g/mol. The highest BCUT2D eigenvalue weighted by atomic mass is 15.3. The van der Waals surface area contributed by atoms with E-state index in [4.69, 9.17) is 0 Å². The fourth-order valence-corrected chi connectivity index (χ4v) is 3.26. The first kappa shape index (κ1) is 16.5. The Labute approximate surface area is 129 Å². The number of rotatable bonds is 6.